The number of pyridine rings is 1. The van der Waals surface area contributed by atoms with Crippen LogP contribution in [-0.2, 0) is 6.42 Å². The lowest BCUT2D eigenvalue weighted by Gasteiger charge is -2.14. The Labute approximate surface area is 174 Å². The summed E-state index contributed by atoms with van der Waals surface area (Å²) in [5.41, 5.74) is 2.96. The molecule has 2 heterocycles. The molecular formula is C23H23N5O2. The Morgan fingerprint density at radius 2 is 2.03 bits per heavy atom. The summed E-state index contributed by atoms with van der Waals surface area (Å²) < 4.78 is 6.96. The highest BCUT2D eigenvalue weighted by Crippen LogP contribution is 2.22. The Morgan fingerprint density at radius 3 is 2.87 bits per heavy atom. The predicted octanol–water partition coefficient (Wildman–Crippen LogP) is 3.49. The molecule has 1 unspecified atom stereocenters. The second-order valence-electron chi connectivity index (χ2n) is 7.24. The molecule has 7 heteroatoms. The van der Waals surface area contributed by atoms with Gasteiger partial charge in [-0.05, 0) is 50.1 Å². The van der Waals surface area contributed by atoms with Gasteiger partial charge in [-0.25, -0.2) is 4.68 Å². The Hall–Kier alpha value is -3.74. The first-order chi connectivity index (χ1) is 14.6. The highest BCUT2D eigenvalue weighted by molar-refractivity contribution is 5.94. The fraction of sp³-hybridized carbons (Fsp3) is 0.217. The van der Waals surface area contributed by atoms with Crippen LogP contribution in [0.25, 0.3) is 16.5 Å². The maximum Gasteiger partial charge on any atom is 0.273 e. The number of benzene rings is 2. The first-order valence-electron chi connectivity index (χ1n) is 9.76. The van der Waals surface area contributed by atoms with Gasteiger partial charge < -0.3 is 10.1 Å². The second kappa shape index (κ2) is 8.32. The molecule has 7 nitrogen and oxygen atoms in total. The highest BCUT2D eigenvalue weighted by atomic mass is 16.5. The minimum absolute atomic E-state index is 0.0715. The number of methoxy groups -OCH3 is 1. The van der Waals surface area contributed by atoms with Gasteiger partial charge in [0.15, 0.2) is 5.69 Å². The van der Waals surface area contributed by atoms with E-state index in [1.54, 1.807) is 24.2 Å². The maximum atomic E-state index is 12.8. The monoisotopic (exact) mass is 401 g/mol. The number of hydrogen-bond donors (Lipinski definition) is 1. The number of amides is 1. The summed E-state index contributed by atoms with van der Waals surface area (Å²) in [4.78, 5) is 17.0. The van der Waals surface area contributed by atoms with E-state index in [-0.39, 0.29) is 11.9 Å². The van der Waals surface area contributed by atoms with Crippen LogP contribution in [0.3, 0.4) is 0 Å². The number of aromatic nitrogens is 4. The Balaban J connectivity index is 1.53. The smallest absolute Gasteiger partial charge is 0.273 e. The van der Waals surface area contributed by atoms with E-state index in [4.69, 9.17) is 4.74 Å². The average Bonchev–Trinajstić information content (AvgIpc) is 3.14. The van der Waals surface area contributed by atoms with Crippen LogP contribution in [0.15, 0.2) is 60.9 Å². The SMILES string of the molecule is COc1cccc(CC(C)NC(=O)c2nnn(-c3cccc4cnccc34)c2C)c1. The molecule has 1 amide bonds. The molecule has 4 aromatic rings. The summed E-state index contributed by atoms with van der Waals surface area (Å²) in [6.45, 7) is 3.82. The van der Waals surface area contributed by atoms with E-state index in [9.17, 15) is 4.79 Å². The van der Waals surface area contributed by atoms with Crippen LogP contribution in [-0.4, -0.2) is 39.0 Å². The number of carbonyl (C=O) groups excluding carboxylic acids is 1. The van der Waals surface area contributed by atoms with Gasteiger partial charge in [-0.3, -0.25) is 9.78 Å². The minimum atomic E-state index is -0.240. The van der Waals surface area contributed by atoms with E-state index in [1.165, 1.54) is 0 Å². The zero-order valence-electron chi connectivity index (χ0n) is 17.2. The van der Waals surface area contributed by atoms with Crippen LogP contribution >= 0.6 is 0 Å². The molecule has 4 rings (SSSR count). The zero-order chi connectivity index (χ0) is 21.1. The van der Waals surface area contributed by atoms with Crippen LogP contribution in [0.1, 0.15) is 28.7 Å². The number of carbonyl (C=O) groups is 1. The van der Waals surface area contributed by atoms with Crippen LogP contribution in [0.4, 0.5) is 0 Å². The Kier molecular flexibility index (Phi) is 5.43. The van der Waals surface area contributed by atoms with Gasteiger partial charge in [0.2, 0.25) is 0 Å². The van der Waals surface area contributed by atoms with Crippen LogP contribution in [0, 0.1) is 6.92 Å². The molecule has 0 spiro atoms. The first-order valence-corrected chi connectivity index (χ1v) is 9.76. The van der Waals surface area contributed by atoms with Crippen molar-refractivity contribution in [3.8, 4) is 11.4 Å². The van der Waals surface area contributed by atoms with Crippen molar-refractivity contribution in [3.05, 3.63) is 77.9 Å². The third kappa shape index (κ3) is 3.87. The molecule has 152 valence electrons. The maximum absolute atomic E-state index is 12.8. The molecule has 0 aliphatic heterocycles. The van der Waals surface area contributed by atoms with E-state index >= 15 is 0 Å². The van der Waals surface area contributed by atoms with Crippen LogP contribution in [0.5, 0.6) is 5.75 Å². The molecule has 2 aromatic heterocycles. The molecule has 30 heavy (non-hydrogen) atoms. The summed E-state index contributed by atoms with van der Waals surface area (Å²) in [6, 6.07) is 15.6. The van der Waals surface area contributed by atoms with Crippen LogP contribution < -0.4 is 10.1 Å². The van der Waals surface area contributed by atoms with Crippen molar-refractivity contribution < 1.29 is 9.53 Å². The van der Waals surface area contributed by atoms with Gasteiger partial charge in [-0.1, -0.05) is 29.5 Å². The lowest BCUT2D eigenvalue weighted by molar-refractivity contribution is 0.0934. The second-order valence-corrected chi connectivity index (χ2v) is 7.24. The minimum Gasteiger partial charge on any atom is -0.497 e. The number of nitrogens with zero attached hydrogens (tertiary/aromatic N) is 4. The van der Waals surface area contributed by atoms with E-state index in [1.807, 2.05) is 62.4 Å². The molecule has 1 atom stereocenters. The molecule has 0 saturated carbocycles. The topological polar surface area (TPSA) is 81.9 Å². The van der Waals surface area contributed by atoms with Gasteiger partial charge in [0.1, 0.15) is 5.75 Å². The van der Waals surface area contributed by atoms with Crippen molar-refractivity contribution in [2.75, 3.05) is 7.11 Å². The van der Waals surface area contributed by atoms with E-state index in [0.717, 1.165) is 27.8 Å². The summed E-state index contributed by atoms with van der Waals surface area (Å²) >= 11 is 0. The highest BCUT2D eigenvalue weighted by Gasteiger charge is 2.20. The van der Waals surface area contributed by atoms with Crippen molar-refractivity contribution in [1.29, 1.82) is 0 Å². The summed E-state index contributed by atoms with van der Waals surface area (Å²) in [6.07, 6.45) is 4.23. The van der Waals surface area contributed by atoms with Crippen molar-refractivity contribution in [3.63, 3.8) is 0 Å². The lowest BCUT2D eigenvalue weighted by atomic mass is 10.1. The van der Waals surface area contributed by atoms with Gasteiger partial charge >= 0.3 is 0 Å². The fourth-order valence-corrected chi connectivity index (χ4v) is 3.55. The largest absolute Gasteiger partial charge is 0.497 e. The third-order valence-corrected chi connectivity index (χ3v) is 5.05. The molecule has 1 N–H and O–H groups in total. The number of rotatable bonds is 6. The number of fused-ring (bicyclic) bond motifs is 1. The first kappa shape index (κ1) is 19.6. The normalized spacial score (nSPS) is 12.0. The quantitative estimate of drug-likeness (QED) is 0.535. The van der Waals surface area contributed by atoms with E-state index in [0.29, 0.717) is 17.8 Å². The summed E-state index contributed by atoms with van der Waals surface area (Å²) in [5, 5.41) is 13.4. The average molecular weight is 401 g/mol. The van der Waals surface area contributed by atoms with Crippen molar-refractivity contribution in [2.24, 2.45) is 0 Å². The van der Waals surface area contributed by atoms with Gasteiger partial charge in [-0.15, -0.1) is 5.10 Å². The molecule has 0 radical (unpaired) electrons. The third-order valence-electron chi connectivity index (χ3n) is 5.05. The zero-order valence-corrected chi connectivity index (χ0v) is 17.2. The number of nitrogens with one attached hydrogen (secondary N) is 1. The van der Waals surface area contributed by atoms with Crippen molar-refractivity contribution >= 4 is 16.7 Å². The Bertz CT molecular complexity index is 1200. The molecule has 0 saturated heterocycles. The molecule has 2 aromatic carbocycles. The van der Waals surface area contributed by atoms with E-state index in [2.05, 4.69) is 20.6 Å². The molecule has 0 fully saturated rings. The fourth-order valence-electron chi connectivity index (χ4n) is 3.55. The number of hydrogen-bond acceptors (Lipinski definition) is 5. The van der Waals surface area contributed by atoms with Gasteiger partial charge in [-0.2, -0.15) is 0 Å². The van der Waals surface area contributed by atoms with Crippen LogP contribution in [0.2, 0.25) is 0 Å². The van der Waals surface area contributed by atoms with Crippen molar-refractivity contribution in [2.45, 2.75) is 26.3 Å². The van der Waals surface area contributed by atoms with Gasteiger partial charge in [0.05, 0.1) is 18.5 Å². The molecule has 0 bridgehead atoms. The summed E-state index contributed by atoms with van der Waals surface area (Å²) in [5.74, 6) is 0.561. The van der Waals surface area contributed by atoms with Crippen molar-refractivity contribution in [1.82, 2.24) is 25.3 Å². The van der Waals surface area contributed by atoms with E-state index < -0.39 is 0 Å². The predicted molar refractivity (Wildman–Crippen MR) is 115 cm³/mol. The van der Waals surface area contributed by atoms with Gasteiger partial charge in [0.25, 0.3) is 5.91 Å². The molecule has 0 aliphatic rings. The standard InChI is InChI=1S/C23H23N5O2/c1-15(12-17-6-4-8-19(13-17)30-3)25-23(29)22-16(2)28(27-26-22)21-9-5-7-18-14-24-11-10-20(18)21/h4-11,13-15H,12H2,1-3H3,(H,25,29). The summed E-state index contributed by atoms with van der Waals surface area (Å²) in [7, 11) is 1.64. The molecular weight excluding hydrogens is 378 g/mol. The molecule has 0 aliphatic carbocycles. The number of ether oxygens (including phenoxy) is 1. The lowest BCUT2D eigenvalue weighted by Crippen LogP contribution is -2.34. The van der Waals surface area contributed by atoms with Gasteiger partial charge in [0, 0.05) is 29.2 Å². The Morgan fingerprint density at radius 1 is 1.20 bits per heavy atom.